The molecule has 0 saturated heterocycles. The zero-order valence-corrected chi connectivity index (χ0v) is 9.74. The van der Waals surface area contributed by atoms with Crippen LogP contribution in [0.4, 0.5) is 0 Å². The van der Waals surface area contributed by atoms with Crippen molar-refractivity contribution in [1.29, 1.82) is 0 Å². The Bertz CT molecular complexity index is 559. The van der Waals surface area contributed by atoms with Gasteiger partial charge in [0.15, 0.2) is 0 Å². The van der Waals surface area contributed by atoms with Crippen LogP contribution < -0.4 is 0 Å². The number of aromatic carboxylic acids is 1. The third-order valence-electron chi connectivity index (χ3n) is 2.51. The van der Waals surface area contributed by atoms with Crippen LogP contribution in [-0.4, -0.2) is 11.1 Å². The van der Waals surface area contributed by atoms with E-state index < -0.39 is 5.97 Å². The van der Waals surface area contributed by atoms with E-state index in [9.17, 15) is 4.79 Å². The first kappa shape index (κ1) is 11.7. The maximum atomic E-state index is 11.2. The molecule has 0 atom stereocenters. The van der Waals surface area contributed by atoms with Gasteiger partial charge in [-0.05, 0) is 41.8 Å². The molecule has 0 fully saturated rings. The van der Waals surface area contributed by atoms with Crippen molar-refractivity contribution < 1.29 is 9.90 Å². The number of halogens is 1. The van der Waals surface area contributed by atoms with E-state index in [2.05, 4.69) is 6.92 Å². The van der Waals surface area contributed by atoms with Crippen molar-refractivity contribution in [2.45, 2.75) is 0 Å². The molecular formula is C14H10ClO2. The van der Waals surface area contributed by atoms with Crippen LogP contribution in [0.25, 0.3) is 11.1 Å². The quantitative estimate of drug-likeness (QED) is 0.872. The van der Waals surface area contributed by atoms with E-state index in [1.54, 1.807) is 42.5 Å². The predicted octanol–water partition coefficient (Wildman–Crippen LogP) is 3.89. The summed E-state index contributed by atoms with van der Waals surface area (Å²) in [5, 5.41) is 9.77. The highest BCUT2D eigenvalue weighted by atomic mass is 35.5. The molecule has 2 aromatic carbocycles. The van der Waals surface area contributed by atoms with E-state index >= 15 is 0 Å². The molecule has 0 heterocycles. The Labute approximate surface area is 104 Å². The fourth-order valence-corrected chi connectivity index (χ4v) is 1.86. The topological polar surface area (TPSA) is 37.3 Å². The highest BCUT2D eigenvalue weighted by Gasteiger charge is 2.13. The molecule has 1 radical (unpaired) electrons. The van der Waals surface area contributed by atoms with Crippen LogP contribution in [0, 0.1) is 6.92 Å². The number of carboxylic acids is 1. The zero-order valence-electron chi connectivity index (χ0n) is 8.98. The predicted molar refractivity (Wildman–Crippen MR) is 68.3 cm³/mol. The molecule has 2 rings (SSSR count). The SMILES string of the molecule is [CH2]c1cccc(C(=O)O)c1-c1ccc(Cl)cc1. The largest absolute Gasteiger partial charge is 0.478 e. The maximum Gasteiger partial charge on any atom is 0.336 e. The molecule has 0 saturated carbocycles. The second kappa shape index (κ2) is 4.60. The zero-order chi connectivity index (χ0) is 12.4. The van der Waals surface area contributed by atoms with E-state index in [1.165, 1.54) is 0 Å². The van der Waals surface area contributed by atoms with Crippen LogP contribution >= 0.6 is 11.6 Å². The van der Waals surface area contributed by atoms with Gasteiger partial charge < -0.3 is 5.11 Å². The van der Waals surface area contributed by atoms with Crippen molar-refractivity contribution in [3.05, 3.63) is 65.5 Å². The smallest absolute Gasteiger partial charge is 0.336 e. The Morgan fingerprint density at radius 1 is 1.12 bits per heavy atom. The second-order valence-corrected chi connectivity index (χ2v) is 4.09. The summed E-state index contributed by atoms with van der Waals surface area (Å²) in [6.45, 7) is 3.87. The summed E-state index contributed by atoms with van der Waals surface area (Å²) in [6, 6.07) is 12.1. The minimum atomic E-state index is -0.958. The van der Waals surface area contributed by atoms with Crippen molar-refractivity contribution in [3.8, 4) is 11.1 Å². The molecule has 1 N–H and O–H groups in total. The van der Waals surface area contributed by atoms with Crippen LogP contribution in [0.3, 0.4) is 0 Å². The van der Waals surface area contributed by atoms with Gasteiger partial charge in [0, 0.05) is 5.02 Å². The minimum Gasteiger partial charge on any atom is -0.478 e. The standard InChI is InChI=1S/C14H10ClO2/c1-9-3-2-4-12(14(16)17)13(9)10-5-7-11(15)8-6-10/h2-8H,1H2,(H,16,17). The monoisotopic (exact) mass is 245 g/mol. The number of hydrogen-bond acceptors (Lipinski definition) is 1. The summed E-state index contributed by atoms with van der Waals surface area (Å²) in [5.41, 5.74) is 2.38. The lowest BCUT2D eigenvalue weighted by Crippen LogP contribution is -2.00. The van der Waals surface area contributed by atoms with Gasteiger partial charge in [0.2, 0.25) is 0 Å². The minimum absolute atomic E-state index is 0.250. The van der Waals surface area contributed by atoms with Crippen molar-refractivity contribution in [2.75, 3.05) is 0 Å². The van der Waals surface area contributed by atoms with Crippen LogP contribution in [0.2, 0.25) is 5.02 Å². The van der Waals surface area contributed by atoms with Crippen LogP contribution in [0.5, 0.6) is 0 Å². The number of carboxylic acid groups (broad SMARTS) is 1. The molecular weight excluding hydrogens is 236 g/mol. The maximum absolute atomic E-state index is 11.2. The van der Waals surface area contributed by atoms with Crippen molar-refractivity contribution in [2.24, 2.45) is 0 Å². The second-order valence-electron chi connectivity index (χ2n) is 3.65. The lowest BCUT2D eigenvalue weighted by molar-refractivity contribution is 0.0697. The van der Waals surface area contributed by atoms with Gasteiger partial charge in [-0.25, -0.2) is 4.79 Å². The molecule has 0 spiro atoms. The molecule has 2 nitrogen and oxygen atoms in total. The fourth-order valence-electron chi connectivity index (χ4n) is 1.74. The Hall–Kier alpha value is -1.80. The van der Waals surface area contributed by atoms with E-state index in [0.717, 1.165) is 5.56 Å². The summed E-state index contributed by atoms with van der Waals surface area (Å²) < 4.78 is 0. The fraction of sp³-hybridized carbons (Fsp3) is 0. The lowest BCUT2D eigenvalue weighted by atomic mass is 9.95. The summed E-state index contributed by atoms with van der Waals surface area (Å²) in [5.74, 6) is -0.958. The highest BCUT2D eigenvalue weighted by Crippen LogP contribution is 2.28. The number of rotatable bonds is 2. The third-order valence-corrected chi connectivity index (χ3v) is 2.77. The number of benzene rings is 2. The average molecular weight is 246 g/mol. The molecule has 0 bridgehead atoms. The van der Waals surface area contributed by atoms with Crippen LogP contribution in [0.1, 0.15) is 15.9 Å². The Morgan fingerprint density at radius 2 is 1.76 bits per heavy atom. The Kier molecular flexibility index (Phi) is 3.16. The van der Waals surface area contributed by atoms with Crippen molar-refractivity contribution in [1.82, 2.24) is 0 Å². The van der Waals surface area contributed by atoms with Gasteiger partial charge in [-0.15, -0.1) is 0 Å². The molecule has 0 amide bonds. The first-order valence-corrected chi connectivity index (χ1v) is 5.41. The number of carbonyl (C=O) groups is 1. The molecule has 85 valence electrons. The van der Waals surface area contributed by atoms with Gasteiger partial charge in [-0.1, -0.05) is 35.9 Å². The Morgan fingerprint density at radius 3 is 2.35 bits per heavy atom. The molecule has 0 aromatic heterocycles. The molecule has 0 aliphatic carbocycles. The van der Waals surface area contributed by atoms with Gasteiger partial charge in [0.05, 0.1) is 5.56 Å². The van der Waals surface area contributed by atoms with E-state index in [0.29, 0.717) is 16.1 Å². The van der Waals surface area contributed by atoms with Gasteiger partial charge in [0.25, 0.3) is 0 Å². The molecule has 0 aliphatic rings. The molecule has 17 heavy (non-hydrogen) atoms. The average Bonchev–Trinajstić information content (AvgIpc) is 2.30. The Balaban J connectivity index is 2.65. The van der Waals surface area contributed by atoms with Gasteiger partial charge in [-0.3, -0.25) is 0 Å². The first-order valence-electron chi connectivity index (χ1n) is 5.04. The third kappa shape index (κ3) is 2.32. The summed E-state index contributed by atoms with van der Waals surface area (Å²) in [7, 11) is 0. The molecule has 2 aromatic rings. The molecule has 0 aliphatic heterocycles. The van der Waals surface area contributed by atoms with Gasteiger partial charge in [0.1, 0.15) is 0 Å². The van der Waals surface area contributed by atoms with Gasteiger partial charge in [-0.2, -0.15) is 0 Å². The van der Waals surface area contributed by atoms with E-state index in [4.69, 9.17) is 16.7 Å². The summed E-state index contributed by atoms with van der Waals surface area (Å²) in [6.07, 6.45) is 0. The molecule has 3 heteroatoms. The molecule has 0 unspecified atom stereocenters. The van der Waals surface area contributed by atoms with Crippen LogP contribution in [0.15, 0.2) is 42.5 Å². The van der Waals surface area contributed by atoms with Crippen LogP contribution in [-0.2, 0) is 0 Å². The van der Waals surface area contributed by atoms with Crippen molar-refractivity contribution >= 4 is 17.6 Å². The summed E-state index contributed by atoms with van der Waals surface area (Å²) in [4.78, 5) is 11.2. The normalized spacial score (nSPS) is 10.2. The highest BCUT2D eigenvalue weighted by molar-refractivity contribution is 6.30. The lowest BCUT2D eigenvalue weighted by Gasteiger charge is -2.09. The summed E-state index contributed by atoms with van der Waals surface area (Å²) >= 11 is 5.81. The van der Waals surface area contributed by atoms with Gasteiger partial charge >= 0.3 is 5.97 Å². The van der Waals surface area contributed by atoms with E-state index in [-0.39, 0.29) is 5.56 Å². The number of hydrogen-bond donors (Lipinski definition) is 1. The first-order chi connectivity index (χ1) is 8.09. The van der Waals surface area contributed by atoms with E-state index in [1.807, 2.05) is 0 Å². The van der Waals surface area contributed by atoms with Crippen molar-refractivity contribution in [3.63, 3.8) is 0 Å².